The van der Waals surface area contributed by atoms with Gasteiger partial charge in [0.15, 0.2) is 0 Å². The summed E-state index contributed by atoms with van der Waals surface area (Å²) in [5, 5.41) is 17.0. The van der Waals surface area contributed by atoms with E-state index in [9.17, 15) is 4.79 Å². The van der Waals surface area contributed by atoms with Gasteiger partial charge in [0.25, 0.3) is 0 Å². The molecule has 1 rings (SSSR count). The van der Waals surface area contributed by atoms with Crippen LogP contribution in [-0.2, 0) is 0 Å². The number of amides is 2. The quantitative estimate of drug-likeness (QED) is 0.754. The molecule has 4 nitrogen and oxygen atoms in total. The highest BCUT2D eigenvalue weighted by Gasteiger charge is 2.29. The van der Waals surface area contributed by atoms with Crippen molar-refractivity contribution in [2.24, 2.45) is 5.41 Å². The van der Waals surface area contributed by atoms with Crippen LogP contribution in [-0.4, -0.2) is 23.8 Å². The summed E-state index contributed by atoms with van der Waals surface area (Å²) in [4.78, 5) is 13.3. The first-order valence-corrected chi connectivity index (χ1v) is 7.97. The number of carbonyl (C=O) groups excluding carboxylic acids is 1. The Labute approximate surface area is 125 Å². The van der Waals surface area contributed by atoms with Crippen LogP contribution in [0.15, 0.2) is 17.5 Å². The molecule has 3 N–H and O–H groups in total. The molecule has 20 heavy (non-hydrogen) atoms. The van der Waals surface area contributed by atoms with Crippen LogP contribution in [0.5, 0.6) is 0 Å². The first-order valence-electron chi connectivity index (χ1n) is 7.09. The van der Waals surface area contributed by atoms with Crippen LogP contribution >= 0.6 is 11.3 Å². The van der Waals surface area contributed by atoms with E-state index in [1.165, 1.54) is 0 Å². The molecule has 0 aliphatic heterocycles. The van der Waals surface area contributed by atoms with Crippen molar-refractivity contribution in [3.8, 4) is 0 Å². The second-order valence-electron chi connectivity index (χ2n) is 6.05. The van der Waals surface area contributed by atoms with Crippen LogP contribution < -0.4 is 10.6 Å². The molecule has 0 radical (unpaired) electrons. The van der Waals surface area contributed by atoms with E-state index in [-0.39, 0.29) is 30.1 Å². The standard InChI is InChI=1S/C15H26N2O2S/c1-5-11(8-9-18)16-14(19)17-13(15(2,3)4)12-7-6-10-20-12/h6-7,10-11,13,18H,5,8-9H2,1-4H3,(H2,16,17,19). The summed E-state index contributed by atoms with van der Waals surface area (Å²) in [5.41, 5.74) is -0.0547. The Hall–Kier alpha value is -1.07. The van der Waals surface area contributed by atoms with E-state index in [1.807, 2.05) is 24.4 Å². The molecule has 2 amide bonds. The van der Waals surface area contributed by atoms with Crippen LogP contribution in [0.4, 0.5) is 4.79 Å². The average molecular weight is 298 g/mol. The summed E-state index contributed by atoms with van der Waals surface area (Å²) in [7, 11) is 0. The van der Waals surface area contributed by atoms with Crippen molar-refractivity contribution >= 4 is 17.4 Å². The lowest BCUT2D eigenvalue weighted by atomic mass is 9.86. The third kappa shape index (κ3) is 5.13. The first kappa shape index (κ1) is 17.0. The average Bonchev–Trinajstić information content (AvgIpc) is 2.87. The predicted molar refractivity (Wildman–Crippen MR) is 84.0 cm³/mol. The van der Waals surface area contributed by atoms with Gasteiger partial charge in [-0.15, -0.1) is 11.3 Å². The Morgan fingerprint density at radius 2 is 2.10 bits per heavy atom. The number of hydrogen-bond acceptors (Lipinski definition) is 3. The minimum absolute atomic E-state index is 0.0176. The van der Waals surface area contributed by atoms with E-state index >= 15 is 0 Å². The number of aliphatic hydroxyl groups is 1. The van der Waals surface area contributed by atoms with E-state index in [0.717, 1.165) is 11.3 Å². The number of thiophene rings is 1. The number of urea groups is 1. The van der Waals surface area contributed by atoms with Gasteiger partial charge in [-0.2, -0.15) is 0 Å². The second-order valence-corrected chi connectivity index (χ2v) is 7.03. The molecule has 114 valence electrons. The molecule has 2 atom stereocenters. The molecule has 5 heteroatoms. The maximum absolute atomic E-state index is 12.1. The minimum Gasteiger partial charge on any atom is -0.396 e. The van der Waals surface area contributed by atoms with Crippen molar-refractivity contribution in [2.45, 2.75) is 52.6 Å². The zero-order valence-corrected chi connectivity index (χ0v) is 13.6. The third-order valence-electron chi connectivity index (χ3n) is 3.27. The monoisotopic (exact) mass is 298 g/mol. The van der Waals surface area contributed by atoms with Gasteiger partial charge in [0, 0.05) is 17.5 Å². The van der Waals surface area contributed by atoms with Gasteiger partial charge in [0.2, 0.25) is 0 Å². The molecule has 0 saturated carbocycles. The molecule has 1 aromatic rings. The van der Waals surface area contributed by atoms with E-state index < -0.39 is 0 Å². The molecule has 0 spiro atoms. The van der Waals surface area contributed by atoms with E-state index in [2.05, 4.69) is 31.4 Å². The molecule has 0 aromatic carbocycles. The van der Waals surface area contributed by atoms with Gasteiger partial charge < -0.3 is 15.7 Å². The molecule has 1 heterocycles. The first-order chi connectivity index (χ1) is 9.38. The highest BCUT2D eigenvalue weighted by atomic mass is 32.1. The molecule has 0 bridgehead atoms. The Bertz CT molecular complexity index is 399. The van der Waals surface area contributed by atoms with Gasteiger partial charge in [-0.25, -0.2) is 4.79 Å². The summed E-state index contributed by atoms with van der Waals surface area (Å²) < 4.78 is 0. The van der Waals surface area contributed by atoms with Crippen LogP contribution in [0.1, 0.15) is 51.5 Å². The number of aliphatic hydroxyl groups excluding tert-OH is 1. The smallest absolute Gasteiger partial charge is 0.315 e. The fourth-order valence-electron chi connectivity index (χ4n) is 2.06. The summed E-state index contributed by atoms with van der Waals surface area (Å²) >= 11 is 1.65. The molecule has 0 saturated heterocycles. The fraction of sp³-hybridized carbons (Fsp3) is 0.667. The molecule has 0 aliphatic rings. The highest BCUT2D eigenvalue weighted by Crippen LogP contribution is 2.34. The molecular weight excluding hydrogens is 272 g/mol. The molecule has 0 aliphatic carbocycles. The van der Waals surface area contributed by atoms with Crippen molar-refractivity contribution in [3.63, 3.8) is 0 Å². The Morgan fingerprint density at radius 1 is 1.40 bits per heavy atom. The Kier molecular flexibility index (Phi) is 6.49. The van der Waals surface area contributed by atoms with Gasteiger partial charge in [-0.3, -0.25) is 0 Å². The van der Waals surface area contributed by atoms with Crippen molar-refractivity contribution in [1.82, 2.24) is 10.6 Å². The van der Waals surface area contributed by atoms with E-state index in [1.54, 1.807) is 11.3 Å². The third-order valence-corrected chi connectivity index (χ3v) is 4.21. The van der Waals surface area contributed by atoms with E-state index in [0.29, 0.717) is 6.42 Å². The van der Waals surface area contributed by atoms with E-state index in [4.69, 9.17) is 5.11 Å². The summed E-state index contributed by atoms with van der Waals surface area (Å²) in [6.07, 6.45) is 1.40. The topological polar surface area (TPSA) is 61.4 Å². The summed E-state index contributed by atoms with van der Waals surface area (Å²) in [6.45, 7) is 8.43. The van der Waals surface area contributed by atoms with Crippen molar-refractivity contribution in [2.75, 3.05) is 6.61 Å². The predicted octanol–water partition coefficient (Wildman–Crippen LogP) is 3.30. The largest absolute Gasteiger partial charge is 0.396 e. The maximum Gasteiger partial charge on any atom is 0.315 e. The second kappa shape index (κ2) is 7.64. The Morgan fingerprint density at radius 3 is 2.55 bits per heavy atom. The van der Waals surface area contributed by atoms with Crippen LogP contribution in [0.3, 0.4) is 0 Å². The van der Waals surface area contributed by atoms with Gasteiger partial charge in [-0.05, 0) is 29.7 Å². The zero-order valence-electron chi connectivity index (χ0n) is 12.8. The summed E-state index contributed by atoms with van der Waals surface area (Å²) in [5.74, 6) is 0. The van der Waals surface area contributed by atoms with Crippen LogP contribution in [0, 0.1) is 5.41 Å². The fourth-order valence-corrected chi connectivity index (χ4v) is 3.08. The highest BCUT2D eigenvalue weighted by molar-refractivity contribution is 7.10. The number of rotatable bonds is 6. The lowest BCUT2D eigenvalue weighted by molar-refractivity contribution is 0.210. The van der Waals surface area contributed by atoms with Crippen LogP contribution in [0.2, 0.25) is 0 Å². The van der Waals surface area contributed by atoms with Crippen molar-refractivity contribution < 1.29 is 9.90 Å². The normalized spacial score (nSPS) is 14.7. The van der Waals surface area contributed by atoms with Crippen LogP contribution in [0.25, 0.3) is 0 Å². The lowest BCUT2D eigenvalue weighted by Gasteiger charge is -2.31. The lowest BCUT2D eigenvalue weighted by Crippen LogP contribution is -2.46. The number of hydrogen-bond donors (Lipinski definition) is 3. The Balaban J connectivity index is 2.69. The molecule has 1 aromatic heterocycles. The molecule has 0 fully saturated rings. The number of nitrogens with one attached hydrogen (secondary N) is 2. The van der Waals surface area contributed by atoms with Gasteiger partial charge in [-0.1, -0.05) is 33.8 Å². The minimum atomic E-state index is -0.168. The van der Waals surface area contributed by atoms with Gasteiger partial charge >= 0.3 is 6.03 Å². The van der Waals surface area contributed by atoms with Gasteiger partial charge in [0.1, 0.15) is 0 Å². The molecular formula is C15H26N2O2S. The van der Waals surface area contributed by atoms with Crippen molar-refractivity contribution in [3.05, 3.63) is 22.4 Å². The molecule has 2 unspecified atom stereocenters. The summed E-state index contributed by atoms with van der Waals surface area (Å²) in [6, 6.07) is 3.88. The van der Waals surface area contributed by atoms with Gasteiger partial charge in [0.05, 0.1) is 6.04 Å². The maximum atomic E-state index is 12.1. The number of carbonyl (C=O) groups is 1. The van der Waals surface area contributed by atoms with Crippen molar-refractivity contribution in [1.29, 1.82) is 0 Å². The SMILES string of the molecule is CCC(CCO)NC(=O)NC(c1cccs1)C(C)(C)C. The zero-order chi connectivity index (χ0) is 15.2.